The standard InChI is InChI=1S/C25H26N2O/c1-2-3-5-8-22(19-21-9-6-4-7-10-21)11-16-25(28)23-12-14-24(15-13-23)27-18-17-26-20-27/h4,6-7,9-20H,2-3,5,8H2,1H3/b16-11+,22-19-. The molecule has 142 valence electrons. The van der Waals surface area contributed by atoms with Gasteiger partial charge in [0.05, 0.1) is 6.33 Å². The third kappa shape index (κ3) is 5.65. The summed E-state index contributed by atoms with van der Waals surface area (Å²) >= 11 is 0. The molecule has 0 N–H and O–H groups in total. The molecule has 0 fully saturated rings. The van der Waals surface area contributed by atoms with Gasteiger partial charge in [0, 0.05) is 23.6 Å². The minimum Gasteiger partial charge on any atom is -0.306 e. The van der Waals surface area contributed by atoms with Gasteiger partial charge in [0.1, 0.15) is 0 Å². The van der Waals surface area contributed by atoms with Crippen molar-refractivity contribution in [2.24, 2.45) is 0 Å². The smallest absolute Gasteiger partial charge is 0.185 e. The van der Waals surface area contributed by atoms with Crippen LogP contribution in [0.25, 0.3) is 11.8 Å². The van der Waals surface area contributed by atoms with Gasteiger partial charge in [-0.25, -0.2) is 4.98 Å². The zero-order chi connectivity index (χ0) is 19.6. The van der Waals surface area contributed by atoms with Gasteiger partial charge in [0.2, 0.25) is 0 Å². The van der Waals surface area contributed by atoms with E-state index in [0.29, 0.717) is 5.56 Å². The summed E-state index contributed by atoms with van der Waals surface area (Å²) in [5.41, 5.74) is 4.02. The molecule has 1 aromatic heterocycles. The van der Waals surface area contributed by atoms with E-state index in [9.17, 15) is 4.79 Å². The molecule has 0 aliphatic carbocycles. The van der Waals surface area contributed by atoms with Crippen molar-refractivity contribution in [1.82, 2.24) is 9.55 Å². The van der Waals surface area contributed by atoms with Crippen LogP contribution in [0.5, 0.6) is 0 Å². The van der Waals surface area contributed by atoms with Crippen LogP contribution in [0.3, 0.4) is 0 Å². The van der Waals surface area contributed by atoms with E-state index >= 15 is 0 Å². The molecule has 3 nitrogen and oxygen atoms in total. The first-order valence-electron chi connectivity index (χ1n) is 9.82. The zero-order valence-electron chi connectivity index (χ0n) is 16.3. The molecule has 0 saturated heterocycles. The Morgan fingerprint density at radius 3 is 2.46 bits per heavy atom. The van der Waals surface area contributed by atoms with E-state index in [-0.39, 0.29) is 5.78 Å². The van der Waals surface area contributed by atoms with Crippen LogP contribution in [-0.2, 0) is 0 Å². The minimum absolute atomic E-state index is 0.0200. The Balaban J connectivity index is 1.72. The molecule has 3 rings (SSSR count). The van der Waals surface area contributed by atoms with Gasteiger partial charge in [-0.1, -0.05) is 62.2 Å². The summed E-state index contributed by atoms with van der Waals surface area (Å²) in [5.74, 6) is 0.0200. The number of rotatable bonds is 9. The van der Waals surface area contributed by atoms with E-state index < -0.39 is 0 Å². The Morgan fingerprint density at radius 1 is 1.00 bits per heavy atom. The molecule has 3 heteroatoms. The summed E-state index contributed by atoms with van der Waals surface area (Å²) in [6, 6.07) is 17.8. The summed E-state index contributed by atoms with van der Waals surface area (Å²) in [7, 11) is 0. The van der Waals surface area contributed by atoms with Crippen molar-refractivity contribution in [3.63, 3.8) is 0 Å². The fraction of sp³-hybridized carbons (Fsp3) is 0.200. The highest BCUT2D eigenvalue weighted by Crippen LogP contribution is 2.16. The Morgan fingerprint density at radius 2 is 1.79 bits per heavy atom. The molecule has 1 heterocycles. The second-order valence-corrected chi connectivity index (χ2v) is 6.80. The Hall–Kier alpha value is -3.20. The maximum atomic E-state index is 12.6. The summed E-state index contributed by atoms with van der Waals surface area (Å²) in [6.45, 7) is 2.20. The lowest BCUT2D eigenvalue weighted by Gasteiger charge is -2.04. The largest absolute Gasteiger partial charge is 0.306 e. The summed E-state index contributed by atoms with van der Waals surface area (Å²) in [5, 5.41) is 0. The Bertz CT molecular complexity index is 920. The van der Waals surface area contributed by atoms with Crippen molar-refractivity contribution in [3.05, 3.63) is 102 Å². The molecule has 2 aromatic carbocycles. The normalized spacial score (nSPS) is 11.8. The summed E-state index contributed by atoms with van der Waals surface area (Å²) in [4.78, 5) is 16.6. The number of allylic oxidation sites excluding steroid dienone is 3. The molecule has 28 heavy (non-hydrogen) atoms. The second-order valence-electron chi connectivity index (χ2n) is 6.80. The molecule has 0 aliphatic rings. The molecular weight excluding hydrogens is 344 g/mol. The SMILES string of the molecule is CCCCCC(=C/c1ccccc1)/C=C/C(=O)c1ccc(-n2ccnc2)cc1. The van der Waals surface area contributed by atoms with Crippen molar-refractivity contribution in [2.45, 2.75) is 32.6 Å². The molecule has 0 atom stereocenters. The van der Waals surface area contributed by atoms with Crippen molar-refractivity contribution in [1.29, 1.82) is 0 Å². The number of hydrogen-bond donors (Lipinski definition) is 0. The molecule has 0 radical (unpaired) electrons. The predicted octanol–water partition coefficient (Wildman–Crippen LogP) is 6.28. The number of carbonyl (C=O) groups is 1. The average molecular weight is 370 g/mol. The van der Waals surface area contributed by atoms with E-state index in [1.165, 1.54) is 18.4 Å². The van der Waals surface area contributed by atoms with Gasteiger partial charge >= 0.3 is 0 Å². The van der Waals surface area contributed by atoms with Gasteiger partial charge < -0.3 is 4.57 Å². The number of imidazole rings is 1. The van der Waals surface area contributed by atoms with Crippen molar-refractivity contribution >= 4 is 11.9 Å². The van der Waals surface area contributed by atoms with Crippen LogP contribution >= 0.6 is 0 Å². The second kappa shape index (κ2) is 10.2. The molecule has 0 spiro atoms. The maximum Gasteiger partial charge on any atom is 0.185 e. The lowest BCUT2D eigenvalue weighted by molar-refractivity contribution is 0.104. The number of unbranched alkanes of at least 4 members (excludes halogenated alkanes) is 2. The van der Waals surface area contributed by atoms with Crippen LogP contribution < -0.4 is 0 Å². The fourth-order valence-electron chi connectivity index (χ4n) is 3.03. The molecule has 3 aromatic rings. The highest BCUT2D eigenvalue weighted by atomic mass is 16.1. The van der Waals surface area contributed by atoms with Gasteiger partial charge in [-0.05, 0) is 54.3 Å². The van der Waals surface area contributed by atoms with Crippen molar-refractivity contribution in [2.75, 3.05) is 0 Å². The summed E-state index contributed by atoms with van der Waals surface area (Å²) in [6.07, 6.45) is 15.7. The molecule has 0 bridgehead atoms. The average Bonchev–Trinajstić information content (AvgIpc) is 3.27. The fourth-order valence-corrected chi connectivity index (χ4v) is 3.03. The highest BCUT2D eigenvalue weighted by molar-refractivity contribution is 6.04. The van der Waals surface area contributed by atoms with E-state index in [1.807, 2.05) is 59.3 Å². The monoisotopic (exact) mass is 370 g/mol. The van der Waals surface area contributed by atoms with Gasteiger partial charge in [0.25, 0.3) is 0 Å². The van der Waals surface area contributed by atoms with Crippen LogP contribution in [0, 0.1) is 0 Å². The maximum absolute atomic E-state index is 12.6. The van der Waals surface area contributed by atoms with Crippen molar-refractivity contribution in [3.8, 4) is 5.69 Å². The first-order chi connectivity index (χ1) is 13.8. The molecular formula is C25H26N2O. The number of benzene rings is 2. The molecule has 0 saturated carbocycles. The van der Waals surface area contributed by atoms with E-state index in [4.69, 9.17) is 0 Å². The zero-order valence-corrected chi connectivity index (χ0v) is 16.3. The van der Waals surface area contributed by atoms with Crippen LogP contribution in [-0.4, -0.2) is 15.3 Å². The van der Waals surface area contributed by atoms with Crippen LogP contribution in [0.4, 0.5) is 0 Å². The Kier molecular flexibility index (Phi) is 7.14. The number of hydrogen-bond acceptors (Lipinski definition) is 2. The van der Waals surface area contributed by atoms with Gasteiger partial charge in [-0.15, -0.1) is 0 Å². The van der Waals surface area contributed by atoms with Gasteiger partial charge in [-0.3, -0.25) is 4.79 Å². The van der Waals surface area contributed by atoms with Crippen LogP contribution in [0.15, 0.2) is 91.0 Å². The van der Waals surface area contributed by atoms with Crippen LogP contribution in [0.2, 0.25) is 0 Å². The minimum atomic E-state index is 0.0200. The third-order valence-corrected chi connectivity index (χ3v) is 4.62. The summed E-state index contributed by atoms with van der Waals surface area (Å²) < 4.78 is 1.92. The van der Waals surface area contributed by atoms with Crippen molar-refractivity contribution < 1.29 is 4.79 Å². The Labute approximate surface area is 167 Å². The quantitative estimate of drug-likeness (QED) is 0.192. The molecule has 0 unspecified atom stereocenters. The van der Waals surface area contributed by atoms with Crippen LogP contribution in [0.1, 0.15) is 48.5 Å². The number of nitrogens with zero attached hydrogens (tertiary/aromatic N) is 2. The van der Waals surface area contributed by atoms with Gasteiger partial charge in [-0.2, -0.15) is 0 Å². The van der Waals surface area contributed by atoms with E-state index in [2.05, 4.69) is 30.1 Å². The first-order valence-corrected chi connectivity index (χ1v) is 9.82. The number of ketones is 1. The molecule has 0 aliphatic heterocycles. The lowest BCUT2D eigenvalue weighted by Crippen LogP contribution is -1.96. The highest BCUT2D eigenvalue weighted by Gasteiger charge is 2.03. The third-order valence-electron chi connectivity index (χ3n) is 4.62. The number of carbonyl (C=O) groups excluding carboxylic acids is 1. The predicted molar refractivity (Wildman–Crippen MR) is 116 cm³/mol. The number of aromatic nitrogens is 2. The van der Waals surface area contributed by atoms with Gasteiger partial charge in [0.15, 0.2) is 5.78 Å². The topological polar surface area (TPSA) is 34.9 Å². The van der Waals surface area contributed by atoms with E-state index in [0.717, 1.165) is 24.1 Å². The van der Waals surface area contributed by atoms with E-state index in [1.54, 1.807) is 18.6 Å². The first kappa shape index (κ1) is 19.6. The lowest BCUT2D eigenvalue weighted by atomic mass is 10.0. The molecule has 0 amide bonds.